The van der Waals surface area contributed by atoms with Crippen molar-refractivity contribution in [1.82, 2.24) is 10.6 Å². The van der Waals surface area contributed by atoms with Gasteiger partial charge in [0.1, 0.15) is 17.9 Å². The molecule has 5 nitrogen and oxygen atoms in total. The molecule has 0 spiro atoms. The zero-order chi connectivity index (χ0) is 18.7. The maximum atomic E-state index is 12.0. The van der Waals surface area contributed by atoms with Crippen molar-refractivity contribution in [3.8, 4) is 5.75 Å². The van der Waals surface area contributed by atoms with Crippen molar-refractivity contribution in [3.05, 3.63) is 69.2 Å². The number of halogens is 2. The topological polar surface area (TPSA) is 67.4 Å². The molecule has 2 amide bonds. The summed E-state index contributed by atoms with van der Waals surface area (Å²) in [5, 5.41) is 5.32. The first-order chi connectivity index (χ1) is 12.4. The average Bonchev–Trinajstić information content (AvgIpc) is 2.58. The smallest absolute Gasteiger partial charge is 0.263 e. The van der Waals surface area contributed by atoms with Crippen molar-refractivity contribution >= 4 is 58.4 Å². The van der Waals surface area contributed by atoms with E-state index in [9.17, 15) is 9.59 Å². The number of carbonyl (C=O) groups excluding carboxylic acids is 2. The third-order valence-electron chi connectivity index (χ3n) is 3.51. The van der Waals surface area contributed by atoms with Crippen molar-refractivity contribution in [2.24, 2.45) is 0 Å². The van der Waals surface area contributed by atoms with E-state index < -0.39 is 11.8 Å². The van der Waals surface area contributed by atoms with Crippen LogP contribution in [0.25, 0.3) is 6.08 Å². The van der Waals surface area contributed by atoms with Gasteiger partial charge in [0, 0.05) is 10.6 Å². The van der Waals surface area contributed by atoms with E-state index in [4.69, 9.17) is 40.2 Å². The Bertz CT molecular complexity index is 908. The Morgan fingerprint density at radius 3 is 2.35 bits per heavy atom. The van der Waals surface area contributed by atoms with Crippen LogP contribution in [0.3, 0.4) is 0 Å². The molecule has 26 heavy (non-hydrogen) atoms. The molecule has 1 heterocycles. The van der Waals surface area contributed by atoms with Crippen LogP contribution in [0.5, 0.6) is 5.75 Å². The molecule has 0 aliphatic carbocycles. The first kappa shape index (κ1) is 18.4. The van der Waals surface area contributed by atoms with Crippen LogP contribution in [-0.4, -0.2) is 16.9 Å². The van der Waals surface area contributed by atoms with Gasteiger partial charge >= 0.3 is 0 Å². The highest BCUT2D eigenvalue weighted by atomic mass is 35.5. The first-order valence-electron chi connectivity index (χ1n) is 7.48. The number of hydrogen-bond acceptors (Lipinski definition) is 4. The second-order valence-corrected chi connectivity index (χ2v) is 6.63. The molecule has 0 atom stereocenters. The molecule has 8 heteroatoms. The fourth-order valence-electron chi connectivity index (χ4n) is 2.33. The largest absolute Gasteiger partial charge is 0.487 e. The van der Waals surface area contributed by atoms with Crippen molar-refractivity contribution in [3.63, 3.8) is 0 Å². The highest BCUT2D eigenvalue weighted by Gasteiger charge is 2.26. The Kier molecular flexibility index (Phi) is 5.56. The Labute approximate surface area is 164 Å². The minimum absolute atomic E-state index is 0.0400. The monoisotopic (exact) mass is 406 g/mol. The molecular formula is C18H12Cl2N2O3S. The number of nitrogens with one attached hydrogen (secondary N) is 2. The van der Waals surface area contributed by atoms with Gasteiger partial charge in [0.15, 0.2) is 5.11 Å². The van der Waals surface area contributed by atoms with E-state index in [1.165, 1.54) is 12.1 Å². The zero-order valence-corrected chi connectivity index (χ0v) is 15.5. The van der Waals surface area contributed by atoms with Crippen molar-refractivity contribution in [1.29, 1.82) is 0 Å². The molecular weight excluding hydrogens is 395 g/mol. The highest BCUT2D eigenvalue weighted by molar-refractivity contribution is 7.80. The molecule has 3 rings (SSSR count). The second kappa shape index (κ2) is 7.86. The van der Waals surface area contributed by atoms with Crippen LogP contribution in [0.1, 0.15) is 11.1 Å². The fourth-order valence-corrected chi connectivity index (χ4v) is 3.08. The summed E-state index contributed by atoms with van der Waals surface area (Å²) in [6, 6.07) is 12.6. The molecule has 2 aromatic rings. The molecule has 0 unspecified atom stereocenters. The molecule has 0 saturated carbocycles. The lowest BCUT2D eigenvalue weighted by atomic mass is 10.1. The number of ether oxygens (including phenoxy) is 1. The summed E-state index contributed by atoms with van der Waals surface area (Å²) in [7, 11) is 0. The van der Waals surface area contributed by atoms with Crippen LogP contribution in [0.15, 0.2) is 48.0 Å². The summed E-state index contributed by atoms with van der Waals surface area (Å²) in [4.78, 5) is 24.1. The molecule has 1 saturated heterocycles. The number of amides is 2. The molecule has 0 radical (unpaired) electrons. The van der Waals surface area contributed by atoms with E-state index in [2.05, 4.69) is 10.6 Å². The van der Waals surface area contributed by atoms with Crippen LogP contribution in [0, 0.1) is 0 Å². The van der Waals surface area contributed by atoms with Gasteiger partial charge in [-0.25, -0.2) is 0 Å². The van der Waals surface area contributed by atoms with Gasteiger partial charge in [0.05, 0.1) is 5.02 Å². The van der Waals surface area contributed by atoms with Crippen molar-refractivity contribution in [2.75, 3.05) is 0 Å². The zero-order valence-electron chi connectivity index (χ0n) is 13.2. The normalized spacial score (nSPS) is 13.9. The van der Waals surface area contributed by atoms with Gasteiger partial charge < -0.3 is 4.74 Å². The highest BCUT2D eigenvalue weighted by Crippen LogP contribution is 2.34. The molecule has 1 fully saturated rings. The number of benzene rings is 2. The van der Waals surface area contributed by atoms with Crippen molar-refractivity contribution < 1.29 is 14.3 Å². The predicted octanol–water partition coefficient (Wildman–Crippen LogP) is 3.49. The lowest BCUT2D eigenvalue weighted by molar-refractivity contribution is -0.123. The molecule has 132 valence electrons. The maximum Gasteiger partial charge on any atom is 0.263 e. The summed E-state index contributed by atoms with van der Waals surface area (Å²) >= 11 is 17.1. The second-order valence-electron chi connectivity index (χ2n) is 5.38. The van der Waals surface area contributed by atoms with E-state index in [0.717, 1.165) is 5.56 Å². The van der Waals surface area contributed by atoms with Crippen molar-refractivity contribution in [2.45, 2.75) is 6.61 Å². The number of hydrogen-bond donors (Lipinski definition) is 2. The van der Waals surface area contributed by atoms with E-state index in [0.29, 0.717) is 16.3 Å². The predicted molar refractivity (Wildman–Crippen MR) is 104 cm³/mol. The van der Waals surface area contributed by atoms with E-state index in [1.807, 2.05) is 30.3 Å². The van der Waals surface area contributed by atoms with Crippen LogP contribution in [0.4, 0.5) is 0 Å². The van der Waals surface area contributed by atoms with Gasteiger partial charge in [-0.2, -0.15) is 0 Å². The third kappa shape index (κ3) is 4.22. The lowest BCUT2D eigenvalue weighted by Gasteiger charge is -2.17. The van der Waals surface area contributed by atoms with Gasteiger partial charge in [0.2, 0.25) is 0 Å². The van der Waals surface area contributed by atoms with Gasteiger partial charge in [-0.3, -0.25) is 20.2 Å². The minimum Gasteiger partial charge on any atom is -0.487 e. The van der Waals surface area contributed by atoms with Crippen LogP contribution in [0.2, 0.25) is 10.0 Å². The third-order valence-corrected chi connectivity index (χ3v) is 4.21. The Morgan fingerprint density at radius 1 is 1.04 bits per heavy atom. The van der Waals surface area contributed by atoms with Gasteiger partial charge in [-0.05, 0) is 36.0 Å². The Balaban J connectivity index is 1.96. The number of rotatable bonds is 4. The van der Waals surface area contributed by atoms with E-state index >= 15 is 0 Å². The molecule has 1 aliphatic rings. The standard InChI is InChI=1S/C18H12Cl2N2O3S/c19-12-6-11(7-13-16(23)21-18(26)22-17(13)24)15(14(20)8-12)25-9-10-4-2-1-3-5-10/h1-8H,9H2,(H2,21,22,23,24,26). The number of carbonyl (C=O) groups is 2. The Morgan fingerprint density at radius 2 is 1.69 bits per heavy atom. The Hall–Kier alpha value is -2.41. The van der Waals surface area contributed by atoms with Gasteiger partial charge in [-0.1, -0.05) is 53.5 Å². The summed E-state index contributed by atoms with van der Waals surface area (Å²) < 4.78 is 5.82. The van der Waals surface area contributed by atoms with Gasteiger partial charge in [0.25, 0.3) is 11.8 Å². The maximum absolute atomic E-state index is 12.0. The van der Waals surface area contributed by atoms with Crippen LogP contribution >= 0.6 is 35.4 Å². The SMILES string of the molecule is O=C1NC(=S)NC(=O)C1=Cc1cc(Cl)cc(Cl)c1OCc1ccccc1. The molecule has 2 aromatic carbocycles. The lowest BCUT2D eigenvalue weighted by Crippen LogP contribution is -2.51. The minimum atomic E-state index is -0.608. The van der Waals surface area contributed by atoms with Crippen LogP contribution in [-0.2, 0) is 16.2 Å². The van der Waals surface area contributed by atoms with Gasteiger partial charge in [-0.15, -0.1) is 0 Å². The fraction of sp³-hybridized carbons (Fsp3) is 0.0556. The summed E-state index contributed by atoms with van der Waals surface area (Å²) in [6.07, 6.45) is 1.37. The molecule has 0 bridgehead atoms. The summed E-state index contributed by atoms with van der Waals surface area (Å²) in [5.74, 6) is -0.895. The summed E-state index contributed by atoms with van der Waals surface area (Å²) in [6.45, 7) is 0.265. The average molecular weight is 407 g/mol. The van der Waals surface area contributed by atoms with E-state index in [1.54, 1.807) is 6.07 Å². The molecule has 1 aliphatic heterocycles. The summed E-state index contributed by atoms with van der Waals surface area (Å²) in [5.41, 5.74) is 1.23. The molecule has 0 aromatic heterocycles. The quantitative estimate of drug-likeness (QED) is 0.463. The molecule has 2 N–H and O–H groups in total. The van der Waals surface area contributed by atoms with E-state index in [-0.39, 0.29) is 22.3 Å². The number of thiocarbonyl (C=S) groups is 1. The first-order valence-corrected chi connectivity index (χ1v) is 8.64. The van der Waals surface area contributed by atoms with Crippen LogP contribution < -0.4 is 15.4 Å².